The Morgan fingerprint density at radius 1 is 1.25 bits per heavy atom. The molecule has 12 heavy (non-hydrogen) atoms. The molecule has 0 bridgehead atoms. The van der Waals surface area contributed by atoms with Crippen molar-refractivity contribution in [2.45, 2.75) is 9.79 Å². The van der Waals surface area contributed by atoms with Crippen molar-refractivity contribution in [3.05, 3.63) is 18.2 Å². The number of hydrogen-bond donors (Lipinski definition) is 1. The molecule has 0 aromatic heterocycles. The van der Waals surface area contributed by atoms with E-state index in [2.05, 4.69) is 30.7 Å². The zero-order valence-corrected chi connectivity index (χ0v) is 14.3. The third-order valence-electron chi connectivity index (χ3n) is 1.66. The fraction of sp³-hybridized carbons (Fsp3) is 0.250. The molecule has 4 heteroatoms. The summed E-state index contributed by atoms with van der Waals surface area (Å²) in [5.41, 5.74) is 0. The van der Waals surface area contributed by atoms with Crippen molar-refractivity contribution in [1.82, 2.24) is 0 Å². The Labute approximate surface area is 94.4 Å². The quantitative estimate of drug-likeness (QED) is 0.631. The first-order valence-electron chi connectivity index (χ1n) is 3.63. The van der Waals surface area contributed by atoms with Crippen LogP contribution in [-0.4, -0.2) is 15.5 Å². The zero-order chi connectivity index (χ0) is 8.97. The molecule has 62 valence electrons. The molecule has 0 fully saturated rings. The molecule has 0 saturated carbocycles. The third-order valence-corrected chi connectivity index (χ3v) is 7.93. The van der Waals surface area contributed by atoms with E-state index < -0.39 is 25.0 Å². The second-order valence-electron chi connectivity index (χ2n) is 2.34. The van der Waals surface area contributed by atoms with Gasteiger partial charge in [0.25, 0.3) is 0 Å². The average molecular weight is 387 g/mol. The average Bonchev–Trinajstić information content (AvgIpc) is 2.16. The van der Waals surface area contributed by atoms with E-state index in [1.807, 2.05) is 0 Å². The predicted molar refractivity (Wildman–Crippen MR) is 51.9 cm³/mol. The van der Waals surface area contributed by atoms with Crippen LogP contribution in [0.5, 0.6) is 0 Å². The fourth-order valence-corrected chi connectivity index (χ4v) is 6.19. The number of rotatable bonds is 3. The summed E-state index contributed by atoms with van der Waals surface area (Å²) >= 11 is 1.80. The van der Waals surface area contributed by atoms with Crippen LogP contribution in [0.15, 0.2) is 28.0 Å². The Bertz CT molecular complexity index is 265. The second-order valence-corrected chi connectivity index (χ2v) is 8.25. The summed E-state index contributed by atoms with van der Waals surface area (Å²) in [6.07, 6.45) is 4.13. The molecular formula is C8H10HgOS2. The Morgan fingerprint density at radius 2 is 2.00 bits per heavy atom. The van der Waals surface area contributed by atoms with Crippen LogP contribution in [0.1, 0.15) is 0 Å². The summed E-state index contributed by atoms with van der Waals surface area (Å²) in [6.45, 7) is 0. The van der Waals surface area contributed by atoms with Gasteiger partial charge in [0, 0.05) is 0 Å². The third kappa shape index (κ3) is 2.65. The SMILES string of the molecule is CSc1cc[c]([Hg][OH])c(SC)c1. The van der Waals surface area contributed by atoms with Crippen LogP contribution in [0.3, 0.4) is 0 Å². The van der Waals surface area contributed by atoms with E-state index in [1.54, 1.807) is 23.5 Å². The molecular weight excluding hydrogens is 377 g/mol. The van der Waals surface area contributed by atoms with Crippen molar-refractivity contribution in [3.63, 3.8) is 0 Å². The van der Waals surface area contributed by atoms with E-state index in [1.165, 1.54) is 12.9 Å². The van der Waals surface area contributed by atoms with E-state index in [4.69, 9.17) is 0 Å². The Kier molecular flexibility index (Phi) is 5.02. The monoisotopic (exact) mass is 388 g/mol. The van der Waals surface area contributed by atoms with Gasteiger partial charge in [0.05, 0.1) is 0 Å². The molecule has 0 aliphatic carbocycles. The summed E-state index contributed by atoms with van der Waals surface area (Å²) in [6, 6.07) is 6.34. The minimum absolute atomic E-state index is 1.24. The van der Waals surface area contributed by atoms with Crippen molar-refractivity contribution in [3.8, 4) is 0 Å². The topological polar surface area (TPSA) is 20.2 Å². The van der Waals surface area contributed by atoms with Crippen LogP contribution in [0, 0.1) is 0 Å². The number of thioether (sulfide) groups is 2. The van der Waals surface area contributed by atoms with E-state index in [9.17, 15) is 3.01 Å². The summed E-state index contributed by atoms with van der Waals surface area (Å²) in [4.78, 5) is 2.55. The molecule has 0 amide bonds. The van der Waals surface area contributed by atoms with E-state index in [-0.39, 0.29) is 0 Å². The fourth-order valence-electron chi connectivity index (χ4n) is 0.982. The molecule has 0 aliphatic heterocycles. The molecule has 0 spiro atoms. The zero-order valence-electron chi connectivity index (χ0n) is 7.20. The van der Waals surface area contributed by atoms with E-state index in [0.29, 0.717) is 0 Å². The molecule has 0 saturated heterocycles. The van der Waals surface area contributed by atoms with Crippen molar-refractivity contribution < 1.29 is 28.0 Å². The Balaban J connectivity index is 3.02. The van der Waals surface area contributed by atoms with E-state index in [0.717, 1.165) is 0 Å². The molecule has 0 heterocycles. The van der Waals surface area contributed by atoms with Gasteiger partial charge in [-0.25, -0.2) is 0 Å². The molecule has 0 aliphatic rings. The second kappa shape index (κ2) is 5.53. The summed E-state index contributed by atoms with van der Waals surface area (Å²) in [5.74, 6) is 0. The first kappa shape index (κ1) is 10.9. The van der Waals surface area contributed by atoms with Gasteiger partial charge < -0.3 is 0 Å². The van der Waals surface area contributed by atoms with E-state index >= 15 is 0 Å². The minimum atomic E-state index is -1.68. The van der Waals surface area contributed by atoms with Crippen LogP contribution in [-0.2, 0) is 25.0 Å². The number of hydrogen-bond acceptors (Lipinski definition) is 3. The standard InChI is InChI=1S/C8H9S2.Hg.H2O/c1-9-7-4-3-5-8(6-7)10-2;;/h3-4,6H,1-2H3;;1H2/q;+1;/p-1. The normalized spacial score (nSPS) is 9.58. The maximum absolute atomic E-state index is 9.22. The van der Waals surface area contributed by atoms with Crippen LogP contribution in [0.25, 0.3) is 0 Å². The molecule has 1 rings (SSSR count). The summed E-state index contributed by atoms with van der Waals surface area (Å²) in [7, 11) is 0. The van der Waals surface area contributed by atoms with Crippen molar-refractivity contribution in [2.75, 3.05) is 12.5 Å². The number of benzene rings is 1. The maximum atomic E-state index is 9.22. The first-order chi connectivity index (χ1) is 5.81. The van der Waals surface area contributed by atoms with Crippen LogP contribution in [0.4, 0.5) is 0 Å². The van der Waals surface area contributed by atoms with Gasteiger partial charge in [0.2, 0.25) is 0 Å². The van der Waals surface area contributed by atoms with Gasteiger partial charge in [0.1, 0.15) is 0 Å². The Hall–Kier alpha value is 0.815. The van der Waals surface area contributed by atoms with Gasteiger partial charge in [-0.3, -0.25) is 0 Å². The van der Waals surface area contributed by atoms with Gasteiger partial charge in [-0.05, 0) is 0 Å². The van der Waals surface area contributed by atoms with Gasteiger partial charge >= 0.3 is 95.1 Å². The van der Waals surface area contributed by atoms with Gasteiger partial charge in [-0.2, -0.15) is 0 Å². The van der Waals surface area contributed by atoms with Crippen LogP contribution >= 0.6 is 23.5 Å². The van der Waals surface area contributed by atoms with Crippen LogP contribution in [0.2, 0.25) is 0 Å². The molecule has 1 N–H and O–H groups in total. The summed E-state index contributed by atoms with van der Waals surface area (Å²) < 4.78 is 10.5. The van der Waals surface area contributed by atoms with Crippen molar-refractivity contribution >= 4 is 26.6 Å². The molecule has 0 atom stereocenters. The molecule has 1 nitrogen and oxygen atoms in total. The molecule has 1 aromatic rings. The summed E-state index contributed by atoms with van der Waals surface area (Å²) in [5, 5.41) is 0. The van der Waals surface area contributed by atoms with Gasteiger partial charge in [-0.1, -0.05) is 0 Å². The Morgan fingerprint density at radius 3 is 2.50 bits per heavy atom. The first-order valence-corrected chi connectivity index (χ1v) is 11.3. The van der Waals surface area contributed by atoms with Crippen LogP contribution < -0.4 is 3.07 Å². The van der Waals surface area contributed by atoms with Crippen molar-refractivity contribution in [1.29, 1.82) is 0 Å². The van der Waals surface area contributed by atoms with Gasteiger partial charge in [0.15, 0.2) is 0 Å². The predicted octanol–water partition coefficient (Wildman–Crippen LogP) is 1.75. The van der Waals surface area contributed by atoms with Gasteiger partial charge in [-0.15, -0.1) is 0 Å². The molecule has 0 radical (unpaired) electrons. The van der Waals surface area contributed by atoms with Crippen molar-refractivity contribution in [2.24, 2.45) is 0 Å². The molecule has 0 unspecified atom stereocenters. The molecule has 1 aromatic carbocycles.